The molecule has 0 unspecified atom stereocenters. The summed E-state index contributed by atoms with van der Waals surface area (Å²) in [5.74, 6) is 0.995. The molecule has 0 aliphatic carbocycles. The number of nitrogens with zero attached hydrogens (tertiary/aromatic N) is 4. The molecule has 0 atom stereocenters. The minimum absolute atomic E-state index is 0.145. The molecule has 3 aromatic heterocycles. The molecule has 0 spiro atoms. The quantitative estimate of drug-likeness (QED) is 0.371. The van der Waals surface area contributed by atoms with Crippen LogP contribution in [0.15, 0.2) is 48.7 Å². The Morgan fingerprint density at radius 1 is 1.16 bits per heavy atom. The molecule has 1 aromatic carbocycles. The second kappa shape index (κ2) is 9.42. The SMILES string of the molecule is CCCCc1nc(Cl)c(CO)n1Cc1ccc(-c2nc3ccccn3c2OC(=O)O)cc1. The fraction of sp³-hybridized carbons (Fsp3) is 0.261. The minimum atomic E-state index is -1.40. The smallest absolute Gasteiger partial charge is 0.449 e. The van der Waals surface area contributed by atoms with E-state index in [0.717, 1.165) is 36.2 Å². The summed E-state index contributed by atoms with van der Waals surface area (Å²) in [6.07, 6.45) is 3.10. The molecule has 0 saturated heterocycles. The highest BCUT2D eigenvalue weighted by Gasteiger charge is 2.19. The average Bonchev–Trinajstić information content (AvgIpc) is 3.29. The number of fused-ring (bicyclic) bond motifs is 1. The number of aliphatic hydroxyl groups excluding tert-OH is 1. The van der Waals surface area contributed by atoms with Crippen molar-refractivity contribution in [2.75, 3.05) is 0 Å². The van der Waals surface area contributed by atoms with Crippen molar-refractivity contribution in [3.8, 4) is 17.1 Å². The van der Waals surface area contributed by atoms with Crippen LogP contribution < -0.4 is 4.74 Å². The summed E-state index contributed by atoms with van der Waals surface area (Å²) >= 11 is 6.23. The van der Waals surface area contributed by atoms with E-state index < -0.39 is 6.16 Å². The predicted octanol–water partition coefficient (Wildman–Crippen LogP) is 4.79. The number of aromatic nitrogens is 4. The van der Waals surface area contributed by atoms with E-state index in [2.05, 4.69) is 16.9 Å². The number of hydrogen-bond acceptors (Lipinski definition) is 5. The normalized spacial score (nSPS) is 11.2. The first-order valence-corrected chi connectivity index (χ1v) is 10.7. The number of rotatable bonds is 8. The fourth-order valence-corrected chi connectivity index (χ4v) is 3.92. The monoisotopic (exact) mass is 454 g/mol. The number of carbonyl (C=O) groups is 1. The van der Waals surface area contributed by atoms with Crippen LogP contribution in [0, 0.1) is 0 Å². The van der Waals surface area contributed by atoms with E-state index in [1.165, 1.54) is 0 Å². The molecule has 0 saturated carbocycles. The molecule has 0 aliphatic heterocycles. The van der Waals surface area contributed by atoms with Crippen LogP contribution >= 0.6 is 11.6 Å². The van der Waals surface area contributed by atoms with Crippen LogP contribution in [0.3, 0.4) is 0 Å². The Labute approximate surface area is 189 Å². The zero-order valence-electron chi connectivity index (χ0n) is 17.5. The first-order chi connectivity index (χ1) is 15.5. The molecule has 3 heterocycles. The number of hydrogen-bond donors (Lipinski definition) is 2. The van der Waals surface area contributed by atoms with E-state index in [4.69, 9.17) is 21.4 Å². The van der Waals surface area contributed by atoms with E-state index in [9.17, 15) is 9.90 Å². The van der Waals surface area contributed by atoms with E-state index in [1.54, 1.807) is 22.7 Å². The van der Waals surface area contributed by atoms with Crippen molar-refractivity contribution in [1.29, 1.82) is 0 Å². The van der Waals surface area contributed by atoms with E-state index in [-0.39, 0.29) is 12.5 Å². The zero-order valence-corrected chi connectivity index (χ0v) is 18.3. The van der Waals surface area contributed by atoms with Gasteiger partial charge in [-0.2, -0.15) is 0 Å². The van der Waals surface area contributed by atoms with Crippen molar-refractivity contribution in [2.45, 2.75) is 39.3 Å². The van der Waals surface area contributed by atoms with Crippen LogP contribution in [0.1, 0.15) is 36.8 Å². The zero-order chi connectivity index (χ0) is 22.7. The lowest BCUT2D eigenvalue weighted by Gasteiger charge is -2.12. The van der Waals surface area contributed by atoms with Crippen LogP contribution in [-0.4, -0.2) is 35.3 Å². The van der Waals surface area contributed by atoms with Gasteiger partial charge in [-0.05, 0) is 24.1 Å². The number of carboxylic acid groups (broad SMARTS) is 1. The van der Waals surface area contributed by atoms with Crippen molar-refractivity contribution in [3.05, 3.63) is 70.9 Å². The summed E-state index contributed by atoms with van der Waals surface area (Å²) in [7, 11) is 0. The third-order valence-corrected chi connectivity index (χ3v) is 5.55. The number of aliphatic hydroxyl groups is 1. The Balaban J connectivity index is 1.66. The lowest BCUT2D eigenvalue weighted by atomic mass is 10.1. The number of ether oxygens (including phenoxy) is 1. The van der Waals surface area contributed by atoms with Gasteiger partial charge in [0.1, 0.15) is 17.2 Å². The molecule has 2 N–H and O–H groups in total. The average molecular weight is 455 g/mol. The maximum atomic E-state index is 11.2. The molecule has 0 radical (unpaired) electrons. The Hall–Kier alpha value is -3.36. The molecule has 8 nitrogen and oxygen atoms in total. The summed E-state index contributed by atoms with van der Waals surface area (Å²) in [6, 6.07) is 13.0. The minimum Gasteiger partial charge on any atom is -0.449 e. The number of aryl methyl sites for hydroxylation is 1. The molecular weight excluding hydrogens is 432 g/mol. The third kappa shape index (κ3) is 4.32. The van der Waals surface area contributed by atoms with Crippen LogP contribution in [0.5, 0.6) is 5.88 Å². The number of imidazole rings is 2. The lowest BCUT2D eigenvalue weighted by molar-refractivity contribution is 0.142. The van der Waals surface area contributed by atoms with Crippen LogP contribution in [0.25, 0.3) is 16.9 Å². The molecule has 0 fully saturated rings. The molecule has 4 rings (SSSR count). The molecule has 0 amide bonds. The molecule has 32 heavy (non-hydrogen) atoms. The number of pyridine rings is 1. The van der Waals surface area contributed by atoms with Gasteiger partial charge in [0.2, 0.25) is 5.88 Å². The summed E-state index contributed by atoms with van der Waals surface area (Å²) in [5.41, 5.74) is 3.34. The Morgan fingerprint density at radius 2 is 1.94 bits per heavy atom. The molecular formula is C23H23ClN4O4. The standard InChI is InChI=1S/C23H23ClN4O4/c1-2-3-6-19-26-21(24)17(14-29)28(19)13-15-8-10-16(11-9-15)20-22(32-23(30)31)27-12-5-4-7-18(27)25-20/h4-5,7-12,29H,2-3,6,13-14H2,1H3,(H,30,31). The predicted molar refractivity (Wildman–Crippen MR) is 120 cm³/mol. The van der Waals surface area contributed by atoms with Gasteiger partial charge in [-0.1, -0.05) is 55.3 Å². The third-order valence-electron chi connectivity index (χ3n) is 5.24. The maximum Gasteiger partial charge on any atom is 0.512 e. The highest BCUT2D eigenvalue weighted by Crippen LogP contribution is 2.31. The molecule has 0 aliphatic rings. The lowest BCUT2D eigenvalue weighted by Crippen LogP contribution is -2.09. The van der Waals surface area contributed by atoms with Gasteiger partial charge in [0.25, 0.3) is 0 Å². The van der Waals surface area contributed by atoms with Crippen molar-refractivity contribution >= 4 is 23.4 Å². The van der Waals surface area contributed by atoms with Gasteiger partial charge in [-0.15, -0.1) is 0 Å². The largest absolute Gasteiger partial charge is 0.512 e. The Bertz CT molecular complexity index is 1250. The molecule has 4 aromatic rings. The second-order valence-corrected chi connectivity index (χ2v) is 7.73. The summed E-state index contributed by atoms with van der Waals surface area (Å²) in [4.78, 5) is 20.2. The van der Waals surface area contributed by atoms with E-state index in [1.807, 2.05) is 34.9 Å². The molecule has 0 bridgehead atoms. The van der Waals surface area contributed by atoms with Gasteiger partial charge in [-0.3, -0.25) is 4.40 Å². The maximum absolute atomic E-state index is 11.2. The van der Waals surface area contributed by atoms with Gasteiger partial charge in [0.05, 0.1) is 12.3 Å². The van der Waals surface area contributed by atoms with Gasteiger partial charge < -0.3 is 19.5 Å². The second-order valence-electron chi connectivity index (χ2n) is 7.37. The number of benzene rings is 1. The number of unbranched alkanes of at least 4 members (excludes halogenated alkanes) is 1. The van der Waals surface area contributed by atoms with E-state index >= 15 is 0 Å². The summed E-state index contributed by atoms with van der Waals surface area (Å²) in [5, 5.41) is 19.3. The first-order valence-electron chi connectivity index (χ1n) is 10.3. The highest BCUT2D eigenvalue weighted by molar-refractivity contribution is 6.30. The van der Waals surface area contributed by atoms with E-state index in [0.29, 0.717) is 28.7 Å². The summed E-state index contributed by atoms with van der Waals surface area (Å²) < 4.78 is 8.58. The van der Waals surface area contributed by atoms with Gasteiger partial charge in [0.15, 0.2) is 5.15 Å². The van der Waals surface area contributed by atoms with Crippen molar-refractivity contribution in [2.24, 2.45) is 0 Å². The first kappa shape index (κ1) is 21.9. The van der Waals surface area contributed by atoms with Crippen molar-refractivity contribution in [3.63, 3.8) is 0 Å². The molecule has 9 heteroatoms. The molecule has 166 valence electrons. The topological polar surface area (TPSA) is 102 Å². The van der Waals surface area contributed by atoms with Crippen LogP contribution in [0.2, 0.25) is 5.15 Å². The Morgan fingerprint density at radius 3 is 2.62 bits per heavy atom. The highest BCUT2D eigenvalue weighted by atomic mass is 35.5. The van der Waals surface area contributed by atoms with Crippen molar-refractivity contribution in [1.82, 2.24) is 18.9 Å². The van der Waals surface area contributed by atoms with Crippen LogP contribution in [0.4, 0.5) is 4.79 Å². The van der Waals surface area contributed by atoms with Gasteiger partial charge in [-0.25, -0.2) is 14.8 Å². The fourth-order valence-electron chi connectivity index (χ4n) is 3.66. The number of halogens is 1. The Kier molecular flexibility index (Phi) is 6.43. The van der Waals surface area contributed by atoms with Gasteiger partial charge in [0, 0.05) is 24.7 Å². The van der Waals surface area contributed by atoms with Crippen molar-refractivity contribution < 1.29 is 19.7 Å². The summed E-state index contributed by atoms with van der Waals surface area (Å²) in [6.45, 7) is 2.44. The van der Waals surface area contributed by atoms with Gasteiger partial charge >= 0.3 is 6.16 Å². The van der Waals surface area contributed by atoms with Crippen LogP contribution in [-0.2, 0) is 19.6 Å².